The number of hydrogen-bond donors (Lipinski definition) is 1. The van der Waals surface area contributed by atoms with Crippen molar-refractivity contribution in [2.75, 3.05) is 0 Å². The van der Waals surface area contributed by atoms with Gasteiger partial charge in [0, 0.05) is 18.3 Å². The van der Waals surface area contributed by atoms with Crippen LogP contribution in [0.5, 0.6) is 0 Å². The number of Topliss-reactive ketones (excluding diaryl/α,β-unsaturated/α-hetero) is 1. The van der Waals surface area contributed by atoms with Gasteiger partial charge in [-0.3, -0.25) is 4.79 Å². The van der Waals surface area contributed by atoms with E-state index in [0.717, 1.165) is 24.1 Å². The molecular weight excluding hydrogens is 380 g/mol. The second kappa shape index (κ2) is 8.41. The molecule has 4 rings (SSSR count). The number of nitrogens with one attached hydrogen (secondary N) is 1. The van der Waals surface area contributed by atoms with E-state index < -0.39 is 0 Å². The zero-order chi connectivity index (χ0) is 22.2. The van der Waals surface area contributed by atoms with E-state index >= 15 is 0 Å². The second-order valence-electron chi connectivity index (χ2n) is 11.5. The number of H-pyrrole nitrogens is 1. The maximum atomic E-state index is 12.9. The summed E-state index contributed by atoms with van der Waals surface area (Å²) < 4.78 is 0. The number of ketones is 1. The molecule has 1 saturated carbocycles. The van der Waals surface area contributed by atoms with Gasteiger partial charge >= 0.3 is 0 Å². The maximum absolute atomic E-state index is 12.9. The molecule has 0 spiro atoms. The van der Waals surface area contributed by atoms with Gasteiger partial charge in [-0.15, -0.1) is 0 Å². The predicted octanol–water partition coefficient (Wildman–Crippen LogP) is 7.42. The molecule has 3 nitrogen and oxygen atoms in total. The summed E-state index contributed by atoms with van der Waals surface area (Å²) in [5.74, 6) is 1.18. The minimum absolute atomic E-state index is 0.0678. The summed E-state index contributed by atoms with van der Waals surface area (Å²) in [5, 5.41) is 0. The lowest BCUT2D eigenvalue weighted by atomic mass is 9.70. The highest BCUT2D eigenvalue weighted by Gasteiger charge is 2.29. The Morgan fingerprint density at radius 2 is 1.84 bits per heavy atom. The largest absolute Gasteiger partial charge is 0.340 e. The number of carbonyl (C=O) groups is 1. The van der Waals surface area contributed by atoms with Crippen LogP contribution in [0.25, 0.3) is 5.57 Å². The van der Waals surface area contributed by atoms with Crippen molar-refractivity contribution in [2.24, 2.45) is 10.8 Å². The Labute approximate surface area is 187 Å². The van der Waals surface area contributed by atoms with E-state index in [4.69, 9.17) is 0 Å². The van der Waals surface area contributed by atoms with Gasteiger partial charge in [0.25, 0.3) is 0 Å². The summed E-state index contributed by atoms with van der Waals surface area (Å²) >= 11 is 0. The van der Waals surface area contributed by atoms with Crippen LogP contribution in [0.2, 0.25) is 0 Å². The van der Waals surface area contributed by atoms with Crippen molar-refractivity contribution in [1.29, 1.82) is 0 Å². The van der Waals surface area contributed by atoms with Crippen LogP contribution in [0, 0.1) is 17.8 Å². The quantitative estimate of drug-likeness (QED) is 0.513. The molecule has 0 bridgehead atoms. The SMILES string of the molecule is Cc1cnc(C(=O)Cc2ccc(C3CCC(C)(C)CC3)cc2C2=CCC(C)(C)CC2)[nH]1. The van der Waals surface area contributed by atoms with Crippen molar-refractivity contribution in [3.63, 3.8) is 0 Å². The highest BCUT2D eigenvalue weighted by Crippen LogP contribution is 2.44. The molecule has 0 unspecified atom stereocenters. The third-order valence-corrected chi connectivity index (χ3v) is 7.58. The summed E-state index contributed by atoms with van der Waals surface area (Å²) in [5.41, 5.74) is 7.11. The Hall–Kier alpha value is -2.16. The lowest BCUT2D eigenvalue weighted by Gasteiger charge is -2.35. The molecule has 0 radical (unpaired) electrons. The summed E-state index contributed by atoms with van der Waals surface area (Å²) in [6.07, 6.45) is 13.1. The molecule has 3 heteroatoms. The first-order chi connectivity index (χ1) is 14.6. The third-order valence-electron chi connectivity index (χ3n) is 7.58. The molecule has 0 atom stereocenters. The fourth-order valence-electron chi connectivity index (χ4n) is 5.17. The molecule has 1 aromatic heterocycles. The fraction of sp³-hybridized carbons (Fsp3) is 0.571. The normalized spacial score (nSPS) is 21.0. The first-order valence-electron chi connectivity index (χ1n) is 12.0. The first kappa shape index (κ1) is 22.0. The van der Waals surface area contributed by atoms with Gasteiger partial charge in [-0.2, -0.15) is 0 Å². The number of carbonyl (C=O) groups excluding carboxylic acids is 1. The monoisotopic (exact) mass is 418 g/mol. The van der Waals surface area contributed by atoms with Crippen LogP contribution in [-0.4, -0.2) is 15.8 Å². The van der Waals surface area contributed by atoms with Crippen LogP contribution < -0.4 is 0 Å². The molecule has 2 aliphatic carbocycles. The highest BCUT2D eigenvalue weighted by molar-refractivity contribution is 5.95. The van der Waals surface area contributed by atoms with E-state index in [1.165, 1.54) is 48.8 Å². The Morgan fingerprint density at radius 3 is 2.45 bits per heavy atom. The first-order valence-corrected chi connectivity index (χ1v) is 12.0. The number of aromatic amines is 1. The molecule has 1 aromatic carbocycles. The van der Waals surface area contributed by atoms with Crippen LogP contribution in [0.15, 0.2) is 30.5 Å². The number of aromatic nitrogens is 2. The minimum Gasteiger partial charge on any atom is -0.340 e. The maximum Gasteiger partial charge on any atom is 0.202 e. The molecule has 1 heterocycles. The van der Waals surface area contributed by atoms with Gasteiger partial charge in [0.2, 0.25) is 5.78 Å². The van der Waals surface area contributed by atoms with Gasteiger partial charge in [-0.1, -0.05) is 52.0 Å². The molecule has 0 saturated heterocycles. The van der Waals surface area contributed by atoms with E-state index in [1.54, 1.807) is 6.20 Å². The predicted molar refractivity (Wildman–Crippen MR) is 128 cm³/mol. The summed E-state index contributed by atoms with van der Waals surface area (Å²) in [4.78, 5) is 20.3. The van der Waals surface area contributed by atoms with Gasteiger partial charge in [0.15, 0.2) is 5.82 Å². The Morgan fingerprint density at radius 1 is 1.10 bits per heavy atom. The molecule has 31 heavy (non-hydrogen) atoms. The average Bonchev–Trinajstić information content (AvgIpc) is 3.15. The molecule has 1 fully saturated rings. The van der Waals surface area contributed by atoms with Crippen LogP contribution in [0.3, 0.4) is 0 Å². The van der Waals surface area contributed by atoms with E-state index in [2.05, 4.69) is 61.9 Å². The number of aryl methyl sites for hydroxylation is 1. The zero-order valence-electron chi connectivity index (χ0n) is 20.0. The van der Waals surface area contributed by atoms with E-state index in [0.29, 0.717) is 29.0 Å². The summed E-state index contributed by atoms with van der Waals surface area (Å²) in [6.45, 7) is 11.4. The number of nitrogens with zero attached hydrogens (tertiary/aromatic N) is 1. The topological polar surface area (TPSA) is 45.8 Å². The Bertz CT molecular complexity index is 982. The van der Waals surface area contributed by atoms with Crippen molar-refractivity contribution >= 4 is 11.4 Å². The van der Waals surface area contributed by atoms with Crippen molar-refractivity contribution in [3.8, 4) is 0 Å². The van der Waals surface area contributed by atoms with Crippen molar-refractivity contribution in [2.45, 2.75) is 91.9 Å². The molecule has 0 amide bonds. The van der Waals surface area contributed by atoms with Crippen molar-refractivity contribution < 1.29 is 4.79 Å². The molecular formula is C28H38N2O. The molecule has 2 aliphatic rings. The Kier molecular flexibility index (Phi) is 5.98. The van der Waals surface area contributed by atoms with Crippen LogP contribution >= 0.6 is 0 Å². The van der Waals surface area contributed by atoms with Gasteiger partial charge in [0.05, 0.1) is 0 Å². The third kappa shape index (κ3) is 5.19. The smallest absolute Gasteiger partial charge is 0.202 e. The zero-order valence-corrected chi connectivity index (χ0v) is 20.0. The molecule has 1 N–H and O–H groups in total. The number of benzene rings is 1. The fourth-order valence-corrected chi connectivity index (χ4v) is 5.17. The number of rotatable bonds is 5. The lowest BCUT2D eigenvalue weighted by Crippen LogP contribution is -2.20. The lowest BCUT2D eigenvalue weighted by molar-refractivity contribution is 0.0983. The van der Waals surface area contributed by atoms with Crippen molar-refractivity contribution in [3.05, 3.63) is 58.7 Å². The minimum atomic E-state index is 0.0678. The van der Waals surface area contributed by atoms with Crippen LogP contribution in [0.1, 0.15) is 112 Å². The summed E-state index contributed by atoms with van der Waals surface area (Å²) in [7, 11) is 0. The average molecular weight is 419 g/mol. The highest BCUT2D eigenvalue weighted by atomic mass is 16.1. The Balaban J connectivity index is 1.64. The van der Waals surface area contributed by atoms with E-state index in [-0.39, 0.29) is 5.78 Å². The van der Waals surface area contributed by atoms with E-state index in [1.807, 2.05) is 6.92 Å². The standard InChI is InChI=1S/C28H38N2O/c1-19-18-29-26(30-19)25(31)17-23-7-6-22(20-8-12-27(2,3)13-9-20)16-24(23)21-10-14-28(4,5)15-11-21/h6-7,10,16,18,20H,8-9,11-15,17H2,1-5H3,(H,29,30). The van der Waals surface area contributed by atoms with E-state index in [9.17, 15) is 4.79 Å². The van der Waals surface area contributed by atoms with Crippen molar-refractivity contribution in [1.82, 2.24) is 9.97 Å². The number of imidazole rings is 1. The van der Waals surface area contributed by atoms with Crippen LogP contribution in [0.4, 0.5) is 0 Å². The number of hydrogen-bond acceptors (Lipinski definition) is 2. The molecule has 166 valence electrons. The van der Waals surface area contributed by atoms with Gasteiger partial charge in [0.1, 0.15) is 0 Å². The molecule has 0 aliphatic heterocycles. The van der Waals surface area contributed by atoms with Gasteiger partial charge in [-0.25, -0.2) is 4.98 Å². The second-order valence-corrected chi connectivity index (χ2v) is 11.5. The summed E-state index contributed by atoms with van der Waals surface area (Å²) in [6, 6.07) is 6.93. The van der Waals surface area contributed by atoms with Gasteiger partial charge < -0.3 is 4.98 Å². The molecule has 2 aromatic rings. The number of allylic oxidation sites excluding steroid dienone is 2. The van der Waals surface area contributed by atoms with Crippen LogP contribution in [-0.2, 0) is 6.42 Å². The van der Waals surface area contributed by atoms with Gasteiger partial charge in [-0.05, 0) is 90.9 Å².